The Hall–Kier alpha value is -1.82. The number of amides is 1. The van der Waals surface area contributed by atoms with E-state index in [0.717, 1.165) is 36.9 Å². The van der Waals surface area contributed by atoms with E-state index < -0.39 is 0 Å². The van der Waals surface area contributed by atoms with Gasteiger partial charge in [-0.2, -0.15) is 0 Å². The van der Waals surface area contributed by atoms with Crippen LogP contribution >= 0.6 is 11.8 Å². The third kappa shape index (κ3) is 4.06. The highest BCUT2D eigenvalue weighted by Gasteiger charge is 2.30. The molecule has 1 fully saturated rings. The number of hydrogen-bond acceptors (Lipinski definition) is 5. The lowest BCUT2D eigenvalue weighted by atomic mass is 10.00. The average molecular weight is 359 g/mol. The number of piperidine rings is 1. The molecule has 0 bridgehead atoms. The minimum absolute atomic E-state index is 0.173. The van der Waals surface area contributed by atoms with Crippen molar-refractivity contribution in [2.24, 2.45) is 0 Å². The Morgan fingerprint density at radius 2 is 2.16 bits per heavy atom. The van der Waals surface area contributed by atoms with E-state index in [0.29, 0.717) is 17.2 Å². The first-order valence-corrected chi connectivity index (χ1v) is 9.84. The van der Waals surface area contributed by atoms with Gasteiger partial charge in [0.2, 0.25) is 11.8 Å². The number of aryl methyl sites for hydroxylation is 1. The topological polar surface area (TPSA) is 59.2 Å². The fourth-order valence-electron chi connectivity index (χ4n) is 3.33. The Labute approximate surface area is 153 Å². The molecule has 3 rings (SSSR count). The summed E-state index contributed by atoms with van der Waals surface area (Å²) in [5.41, 5.74) is 2.02. The summed E-state index contributed by atoms with van der Waals surface area (Å²) in [6.07, 6.45) is 4.43. The van der Waals surface area contributed by atoms with Gasteiger partial charge in [0.05, 0.1) is 5.25 Å². The summed E-state index contributed by atoms with van der Waals surface area (Å²) < 4.78 is 5.78. The molecule has 2 atom stereocenters. The molecule has 134 valence electrons. The Morgan fingerprint density at radius 1 is 1.36 bits per heavy atom. The normalized spacial score (nSPS) is 19.0. The zero-order valence-electron chi connectivity index (χ0n) is 15.1. The second-order valence-corrected chi connectivity index (χ2v) is 7.83. The molecule has 0 aliphatic carbocycles. The number of thioether (sulfide) groups is 1. The van der Waals surface area contributed by atoms with E-state index in [4.69, 9.17) is 4.42 Å². The van der Waals surface area contributed by atoms with Crippen molar-refractivity contribution in [3.8, 4) is 11.5 Å². The van der Waals surface area contributed by atoms with E-state index in [-0.39, 0.29) is 11.2 Å². The second kappa shape index (κ2) is 8.04. The first kappa shape index (κ1) is 18.0. The fraction of sp³-hybridized carbons (Fsp3) is 0.526. The average Bonchev–Trinajstić information content (AvgIpc) is 3.09. The largest absolute Gasteiger partial charge is 0.411 e. The predicted molar refractivity (Wildman–Crippen MR) is 99.4 cm³/mol. The van der Waals surface area contributed by atoms with Crippen LogP contribution in [0.3, 0.4) is 0 Å². The number of nitrogens with zero attached hydrogens (tertiary/aromatic N) is 3. The van der Waals surface area contributed by atoms with Gasteiger partial charge in [0, 0.05) is 18.2 Å². The Kier molecular flexibility index (Phi) is 5.78. The lowest BCUT2D eigenvalue weighted by Gasteiger charge is -2.36. The first-order chi connectivity index (χ1) is 12.1. The van der Waals surface area contributed by atoms with Crippen LogP contribution in [0.4, 0.5) is 0 Å². The maximum absolute atomic E-state index is 12.8. The third-order valence-electron chi connectivity index (χ3n) is 4.79. The van der Waals surface area contributed by atoms with Crippen LogP contribution in [0.2, 0.25) is 0 Å². The van der Waals surface area contributed by atoms with Crippen LogP contribution in [-0.2, 0) is 4.79 Å². The van der Waals surface area contributed by atoms with Crippen molar-refractivity contribution in [1.29, 1.82) is 0 Å². The van der Waals surface area contributed by atoms with Gasteiger partial charge in [-0.25, -0.2) is 0 Å². The molecule has 1 saturated heterocycles. The number of hydrogen-bond donors (Lipinski definition) is 0. The van der Waals surface area contributed by atoms with Gasteiger partial charge in [0.15, 0.2) is 0 Å². The van der Waals surface area contributed by atoms with Crippen LogP contribution in [0.15, 0.2) is 33.9 Å². The van der Waals surface area contributed by atoms with Crippen LogP contribution in [0, 0.1) is 6.92 Å². The maximum atomic E-state index is 12.8. The van der Waals surface area contributed by atoms with Crippen LogP contribution in [0.25, 0.3) is 11.5 Å². The number of carbonyl (C=O) groups is 1. The molecular formula is C19H25N3O2S. The molecule has 1 aliphatic rings. The van der Waals surface area contributed by atoms with Crippen molar-refractivity contribution in [2.75, 3.05) is 6.54 Å². The number of carbonyl (C=O) groups excluding carboxylic acids is 1. The van der Waals surface area contributed by atoms with E-state index in [2.05, 4.69) is 17.1 Å². The lowest BCUT2D eigenvalue weighted by Crippen LogP contribution is -2.46. The second-order valence-electron chi connectivity index (χ2n) is 6.54. The molecule has 0 spiro atoms. The maximum Gasteiger partial charge on any atom is 0.277 e. The van der Waals surface area contributed by atoms with Crippen LogP contribution in [-0.4, -0.2) is 38.8 Å². The highest BCUT2D eigenvalue weighted by atomic mass is 32.2. The molecule has 2 heterocycles. The van der Waals surface area contributed by atoms with E-state index in [1.54, 1.807) is 0 Å². The molecular weight excluding hydrogens is 334 g/mol. The molecule has 5 nitrogen and oxygen atoms in total. The van der Waals surface area contributed by atoms with Crippen molar-refractivity contribution < 1.29 is 9.21 Å². The summed E-state index contributed by atoms with van der Waals surface area (Å²) in [5, 5.41) is 8.48. The predicted octanol–water partition coefficient (Wildman–Crippen LogP) is 4.32. The van der Waals surface area contributed by atoms with Crippen LogP contribution < -0.4 is 0 Å². The summed E-state index contributed by atoms with van der Waals surface area (Å²) in [5.74, 6) is 0.678. The number of benzene rings is 1. The van der Waals surface area contributed by atoms with E-state index in [9.17, 15) is 4.79 Å². The monoisotopic (exact) mass is 359 g/mol. The molecule has 2 aromatic rings. The van der Waals surface area contributed by atoms with E-state index in [1.807, 2.05) is 43.0 Å². The SMILES string of the molecule is CC[C@H]1CCCCN1C(=O)[C@H](C)Sc1nnc(-c2ccccc2C)o1. The highest BCUT2D eigenvalue weighted by molar-refractivity contribution is 8.00. The van der Waals surface area contributed by atoms with Gasteiger partial charge < -0.3 is 9.32 Å². The smallest absolute Gasteiger partial charge is 0.277 e. The van der Waals surface area contributed by atoms with Gasteiger partial charge >= 0.3 is 0 Å². The van der Waals surface area contributed by atoms with Gasteiger partial charge in [-0.1, -0.05) is 36.9 Å². The van der Waals surface area contributed by atoms with Crippen molar-refractivity contribution in [3.63, 3.8) is 0 Å². The standard InChI is InChI=1S/C19H25N3O2S/c1-4-15-10-7-8-12-22(15)18(23)14(3)25-19-21-20-17(24-19)16-11-6-5-9-13(16)2/h5-6,9,11,14-15H,4,7-8,10,12H2,1-3H3/t14-,15-/m0/s1. The van der Waals surface area contributed by atoms with Crippen molar-refractivity contribution in [3.05, 3.63) is 29.8 Å². The van der Waals surface area contributed by atoms with Crippen molar-refractivity contribution >= 4 is 17.7 Å². The molecule has 1 aromatic heterocycles. The van der Waals surface area contributed by atoms with Gasteiger partial charge in [0.1, 0.15) is 0 Å². The lowest BCUT2D eigenvalue weighted by molar-refractivity contribution is -0.134. The van der Waals surface area contributed by atoms with Gasteiger partial charge in [-0.05, 0) is 51.2 Å². The minimum Gasteiger partial charge on any atom is -0.411 e. The van der Waals surface area contributed by atoms with Crippen LogP contribution in [0.5, 0.6) is 0 Å². The van der Waals surface area contributed by atoms with Gasteiger partial charge in [-0.15, -0.1) is 10.2 Å². The molecule has 6 heteroatoms. The Bertz CT molecular complexity index is 731. The van der Waals surface area contributed by atoms with Gasteiger partial charge in [0.25, 0.3) is 5.22 Å². The molecule has 25 heavy (non-hydrogen) atoms. The molecule has 0 radical (unpaired) electrons. The highest BCUT2D eigenvalue weighted by Crippen LogP contribution is 2.30. The van der Waals surface area contributed by atoms with Crippen molar-refractivity contribution in [2.45, 2.75) is 63.0 Å². The molecule has 1 amide bonds. The Balaban J connectivity index is 1.68. The zero-order valence-corrected chi connectivity index (χ0v) is 15.9. The number of rotatable bonds is 5. The summed E-state index contributed by atoms with van der Waals surface area (Å²) in [4.78, 5) is 14.9. The molecule has 0 saturated carbocycles. The molecule has 0 N–H and O–H groups in total. The third-order valence-corrected chi connectivity index (χ3v) is 5.71. The summed E-state index contributed by atoms with van der Waals surface area (Å²) in [6, 6.07) is 8.28. The summed E-state index contributed by atoms with van der Waals surface area (Å²) in [7, 11) is 0. The van der Waals surface area contributed by atoms with E-state index in [1.165, 1.54) is 18.2 Å². The minimum atomic E-state index is -0.225. The first-order valence-electron chi connectivity index (χ1n) is 8.96. The molecule has 0 unspecified atom stereocenters. The Morgan fingerprint density at radius 3 is 2.92 bits per heavy atom. The number of likely N-dealkylation sites (tertiary alicyclic amines) is 1. The zero-order chi connectivity index (χ0) is 17.8. The molecule has 1 aromatic carbocycles. The van der Waals surface area contributed by atoms with E-state index >= 15 is 0 Å². The van der Waals surface area contributed by atoms with Crippen LogP contribution in [0.1, 0.15) is 45.1 Å². The molecule has 1 aliphatic heterocycles. The summed E-state index contributed by atoms with van der Waals surface area (Å²) >= 11 is 1.35. The van der Waals surface area contributed by atoms with Crippen molar-refractivity contribution in [1.82, 2.24) is 15.1 Å². The fourth-order valence-corrected chi connectivity index (χ4v) is 4.08. The summed E-state index contributed by atoms with van der Waals surface area (Å²) in [6.45, 7) is 6.95. The number of aromatic nitrogens is 2. The van der Waals surface area contributed by atoms with Gasteiger partial charge in [-0.3, -0.25) is 4.79 Å². The quantitative estimate of drug-likeness (QED) is 0.744.